The van der Waals surface area contributed by atoms with E-state index in [1.165, 1.54) is 12.1 Å². The molecule has 0 aliphatic rings. The maximum Gasteiger partial charge on any atom is 0.242 e. The number of rotatable bonds is 9. The Morgan fingerprint density at radius 2 is 1.62 bits per heavy atom. The third-order valence-corrected chi connectivity index (χ3v) is 5.24. The van der Waals surface area contributed by atoms with E-state index < -0.39 is 28.0 Å². The minimum atomic E-state index is -3.84. The average molecular weight is 384 g/mol. The smallest absolute Gasteiger partial charge is 0.242 e. The Labute approximate surface area is 156 Å². The Bertz CT molecular complexity index is 714. The maximum absolute atomic E-state index is 12.6. The van der Waals surface area contributed by atoms with Crippen molar-refractivity contribution in [1.82, 2.24) is 15.4 Å². The summed E-state index contributed by atoms with van der Waals surface area (Å²) in [5.74, 6) is -0.745. The predicted molar refractivity (Wildman–Crippen MR) is 101 cm³/mol. The molecule has 0 heterocycles. The molecule has 2 unspecified atom stereocenters. The van der Waals surface area contributed by atoms with Crippen LogP contribution >= 0.6 is 0 Å². The maximum atomic E-state index is 12.6. The van der Waals surface area contributed by atoms with E-state index in [0.717, 1.165) is 5.56 Å². The summed E-state index contributed by atoms with van der Waals surface area (Å²) < 4.78 is 27.6. The molecule has 3 N–H and O–H groups in total. The summed E-state index contributed by atoms with van der Waals surface area (Å²) in [6.45, 7) is 9.45. The van der Waals surface area contributed by atoms with Crippen molar-refractivity contribution in [3.8, 4) is 0 Å². The van der Waals surface area contributed by atoms with E-state index in [1.54, 1.807) is 26.0 Å². The van der Waals surface area contributed by atoms with Gasteiger partial charge in [-0.3, -0.25) is 9.59 Å². The lowest BCUT2D eigenvalue weighted by atomic mass is 10.0. The van der Waals surface area contributed by atoms with E-state index in [-0.39, 0.29) is 16.7 Å². The van der Waals surface area contributed by atoms with Gasteiger partial charge in [0.05, 0.1) is 4.90 Å². The first-order valence-electron chi connectivity index (χ1n) is 8.74. The van der Waals surface area contributed by atoms with E-state index in [1.807, 2.05) is 20.8 Å². The first-order valence-corrected chi connectivity index (χ1v) is 10.2. The van der Waals surface area contributed by atoms with Crippen LogP contribution in [0.25, 0.3) is 0 Å². The topological polar surface area (TPSA) is 104 Å². The summed E-state index contributed by atoms with van der Waals surface area (Å²) in [5, 5.41) is 5.19. The van der Waals surface area contributed by atoms with Gasteiger partial charge in [0.2, 0.25) is 21.8 Å². The third-order valence-electron chi connectivity index (χ3n) is 3.76. The number of aryl methyl sites for hydroxylation is 1. The molecule has 0 aliphatic carbocycles. The van der Waals surface area contributed by atoms with Crippen molar-refractivity contribution < 1.29 is 18.0 Å². The first-order chi connectivity index (χ1) is 12.1. The second-order valence-corrected chi connectivity index (χ2v) is 8.46. The van der Waals surface area contributed by atoms with Gasteiger partial charge in [-0.25, -0.2) is 8.42 Å². The van der Waals surface area contributed by atoms with Crippen molar-refractivity contribution in [2.24, 2.45) is 5.92 Å². The van der Waals surface area contributed by atoms with E-state index in [4.69, 9.17) is 0 Å². The standard InChI is InChI=1S/C18H29N3O4S/c1-6-19-17(22)14(5)20-18(23)16(11-12(2)3)21-26(24,25)15-9-7-13(4)8-10-15/h7-10,12,14,16,21H,6,11H2,1-5H3,(H,19,22)(H,20,23). The Hall–Kier alpha value is -1.93. The molecular weight excluding hydrogens is 354 g/mol. The van der Waals surface area contributed by atoms with Crippen LogP contribution in [-0.4, -0.2) is 38.9 Å². The number of nitrogens with one attached hydrogen (secondary N) is 3. The molecule has 0 bridgehead atoms. The highest BCUT2D eigenvalue weighted by Crippen LogP contribution is 2.13. The van der Waals surface area contributed by atoms with Crippen molar-refractivity contribution in [3.05, 3.63) is 29.8 Å². The number of amides is 2. The van der Waals surface area contributed by atoms with Crippen LogP contribution in [0.1, 0.15) is 39.7 Å². The second-order valence-electron chi connectivity index (χ2n) is 6.74. The lowest BCUT2D eigenvalue weighted by molar-refractivity contribution is -0.129. The van der Waals surface area contributed by atoms with Gasteiger partial charge in [0.15, 0.2) is 0 Å². The van der Waals surface area contributed by atoms with Crippen molar-refractivity contribution in [1.29, 1.82) is 0 Å². The Morgan fingerprint density at radius 3 is 2.12 bits per heavy atom. The summed E-state index contributed by atoms with van der Waals surface area (Å²) >= 11 is 0. The molecule has 0 spiro atoms. The van der Waals surface area contributed by atoms with Crippen LogP contribution in [0.4, 0.5) is 0 Å². The van der Waals surface area contributed by atoms with Gasteiger partial charge in [0, 0.05) is 6.54 Å². The molecule has 1 aromatic rings. The predicted octanol–water partition coefficient (Wildman–Crippen LogP) is 1.33. The van der Waals surface area contributed by atoms with E-state index >= 15 is 0 Å². The summed E-state index contributed by atoms with van der Waals surface area (Å²) in [6.07, 6.45) is 0.318. The molecule has 1 aromatic carbocycles. The van der Waals surface area contributed by atoms with Crippen molar-refractivity contribution in [2.75, 3.05) is 6.54 Å². The van der Waals surface area contributed by atoms with Crippen LogP contribution in [0.5, 0.6) is 0 Å². The van der Waals surface area contributed by atoms with Gasteiger partial charge in [-0.2, -0.15) is 4.72 Å². The summed E-state index contributed by atoms with van der Waals surface area (Å²) in [4.78, 5) is 24.4. The lowest BCUT2D eigenvalue weighted by Gasteiger charge is -2.22. The number of carbonyl (C=O) groups excluding carboxylic acids is 2. The SMILES string of the molecule is CCNC(=O)C(C)NC(=O)C(CC(C)C)NS(=O)(=O)c1ccc(C)cc1. The molecule has 0 aromatic heterocycles. The fourth-order valence-corrected chi connectivity index (χ4v) is 3.57. The molecule has 146 valence electrons. The molecule has 0 radical (unpaired) electrons. The van der Waals surface area contributed by atoms with Gasteiger partial charge in [0.1, 0.15) is 12.1 Å². The van der Waals surface area contributed by atoms with Gasteiger partial charge in [0.25, 0.3) is 0 Å². The zero-order chi connectivity index (χ0) is 19.9. The molecule has 0 aliphatic heterocycles. The molecule has 8 heteroatoms. The van der Waals surface area contributed by atoms with E-state index in [0.29, 0.717) is 13.0 Å². The monoisotopic (exact) mass is 383 g/mol. The second kappa shape index (κ2) is 9.68. The summed E-state index contributed by atoms with van der Waals surface area (Å²) in [7, 11) is -3.84. The molecule has 1 rings (SSSR count). The average Bonchev–Trinajstić information content (AvgIpc) is 2.54. The molecule has 0 saturated carbocycles. The first kappa shape index (κ1) is 22.1. The molecular formula is C18H29N3O4S. The quantitative estimate of drug-likeness (QED) is 0.598. The fourth-order valence-electron chi connectivity index (χ4n) is 2.36. The Kier molecular flexibility index (Phi) is 8.23. The number of hydrogen-bond donors (Lipinski definition) is 3. The molecule has 7 nitrogen and oxygen atoms in total. The minimum Gasteiger partial charge on any atom is -0.355 e. The van der Waals surface area contributed by atoms with Gasteiger partial charge < -0.3 is 10.6 Å². The molecule has 26 heavy (non-hydrogen) atoms. The van der Waals surface area contributed by atoms with Crippen LogP contribution in [0, 0.1) is 12.8 Å². The molecule has 0 saturated heterocycles. The number of likely N-dealkylation sites (N-methyl/N-ethyl adjacent to an activating group) is 1. The number of sulfonamides is 1. The summed E-state index contributed by atoms with van der Waals surface area (Å²) in [6, 6.07) is 4.68. The minimum absolute atomic E-state index is 0.0891. The van der Waals surface area contributed by atoms with Gasteiger partial charge >= 0.3 is 0 Å². The summed E-state index contributed by atoms with van der Waals surface area (Å²) in [5.41, 5.74) is 0.941. The van der Waals surface area contributed by atoms with Crippen molar-refractivity contribution >= 4 is 21.8 Å². The largest absolute Gasteiger partial charge is 0.355 e. The van der Waals surface area contributed by atoms with Crippen molar-refractivity contribution in [2.45, 2.75) is 58.0 Å². The number of benzene rings is 1. The van der Waals surface area contributed by atoms with Crippen LogP contribution in [0.15, 0.2) is 29.2 Å². The number of hydrogen-bond acceptors (Lipinski definition) is 4. The van der Waals surface area contributed by atoms with Crippen LogP contribution in [0.3, 0.4) is 0 Å². The molecule has 2 atom stereocenters. The fraction of sp³-hybridized carbons (Fsp3) is 0.556. The molecule has 2 amide bonds. The van der Waals surface area contributed by atoms with E-state index in [9.17, 15) is 18.0 Å². The highest BCUT2D eigenvalue weighted by molar-refractivity contribution is 7.89. The zero-order valence-electron chi connectivity index (χ0n) is 16.0. The molecule has 0 fully saturated rings. The normalized spacial score (nSPS) is 13.9. The number of carbonyl (C=O) groups is 2. The van der Waals surface area contributed by atoms with Crippen LogP contribution in [0.2, 0.25) is 0 Å². The zero-order valence-corrected chi connectivity index (χ0v) is 16.8. The highest BCUT2D eigenvalue weighted by atomic mass is 32.2. The van der Waals surface area contributed by atoms with Crippen LogP contribution < -0.4 is 15.4 Å². The Balaban J connectivity index is 2.93. The Morgan fingerprint density at radius 1 is 1.04 bits per heavy atom. The van der Waals surface area contributed by atoms with E-state index in [2.05, 4.69) is 15.4 Å². The van der Waals surface area contributed by atoms with Gasteiger partial charge in [-0.15, -0.1) is 0 Å². The van der Waals surface area contributed by atoms with Crippen molar-refractivity contribution in [3.63, 3.8) is 0 Å². The van der Waals surface area contributed by atoms with Gasteiger partial charge in [-0.05, 0) is 45.2 Å². The third kappa shape index (κ3) is 6.76. The highest BCUT2D eigenvalue weighted by Gasteiger charge is 2.28. The van der Waals surface area contributed by atoms with Crippen LogP contribution in [-0.2, 0) is 19.6 Å². The van der Waals surface area contributed by atoms with Gasteiger partial charge in [-0.1, -0.05) is 31.5 Å². The lowest BCUT2D eigenvalue weighted by Crippen LogP contribution is -2.53.